The zero-order valence-electron chi connectivity index (χ0n) is 7.91. The van der Waals surface area contributed by atoms with Crippen molar-refractivity contribution in [2.75, 3.05) is 13.7 Å². The van der Waals surface area contributed by atoms with Crippen LogP contribution in [-0.4, -0.2) is 19.7 Å². The van der Waals surface area contributed by atoms with Crippen LogP contribution in [0.1, 0.15) is 11.6 Å². The second-order valence-corrected chi connectivity index (χ2v) is 3.15. The average Bonchev–Trinajstić information content (AvgIpc) is 2.65. The summed E-state index contributed by atoms with van der Waals surface area (Å²) in [5.41, 5.74) is 1.01. The molecule has 1 saturated heterocycles. The largest absolute Gasteiger partial charge is 0.496 e. The van der Waals surface area contributed by atoms with Gasteiger partial charge in [0.1, 0.15) is 5.75 Å². The van der Waals surface area contributed by atoms with E-state index in [9.17, 15) is 4.79 Å². The molecule has 1 heterocycles. The number of carbonyl (C=O) groups excluding carboxylic acids is 1. The third-order valence-electron chi connectivity index (χ3n) is 2.29. The normalized spacial score (nSPS) is 20.1. The van der Waals surface area contributed by atoms with E-state index in [2.05, 4.69) is 10.6 Å². The first-order valence-corrected chi connectivity index (χ1v) is 4.48. The summed E-state index contributed by atoms with van der Waals surface area (Å²) in [7, 11) is 1.63. The second-order valence-electron chi connectivity index (χ2n) is 3.15. The summed E-state index contributed by atoms with van der Waals surface area (Å²) >= 11 is 0. The van der Waals surface area contributed by atoms with Gasteiger partial charge >= 0.3 is 6.03 Å². The molecule has 1 aromatic carbocycles. The van der Waals surface area contributed by atoms with Gasteiger partial charge in [0.25, 0.3) is 0 Å². The Hall–Kier alpha value is -1.71. The Labute approximate surface area is 82.3 Å². The summed E-state index contributed by atoms with van der Waals surface area (Å²) in [5.74, 6) is 0.807. The van der Waals surface area contributed by atoms with Gasteiger partial charge < -0.3 is 15.4 Å². The molecule has 0 bridgehead atoms. The predicted molar refractivity (Wildman–Crippen MR) is 52.3 cm³/mol. The van der Waals surface area contributed by atoms with E-state index in [0.717, 1.165) is 11.3 Å². The summed E-state index contributed by atoms with van der Waals surface area (Å²) in [5, 5.41) is 5.53. The summed E-state index contributed by atoms with van der Waals surface area (Å²) in [6.07, 6.45) is 0. The number of rotatable bonds is 2. The molecule has 2 rings (SSSR count). The van der Waals surface area contributed by atoms with Gasteiger partial charge in [-0.25, -0.2) is 4.79 Å². The molecule has 14 heavy (non-hydrogen) atoms. The highest BCUT2D eigenvalue weighted by Gasteiger charge is 2.23. The molecule has 0 aromatic heterocycles. The monoisotopic (exact) mass is 192 g/mol. The van der Waals surface area contributed by atoms with Crippen LogP contribution in [0.4, 0.5) is 4.79 Å². The van der Waals surface area contributed by atoms with Crippen molar-refractivity contribution in [1.29, 1.82) is 0 Å². The van der Waals surface area contributed by atoms with Crippen LogP contribution < -0.4 is 15.4 Å². The van der Waals surface area contributed by atoms with Crippen LogP contribution in [0, 0.1) is 0 Å². The summed E-state index contributed by atoms with van der Waals surface area (Å²) in [4.78, 5) is 11.0. The molecule has 0 spiro atoms. The van der Waals surface area contributed by atoms with Gasteiger partial charge in [0.15, 0.2) is 0 Å². The molecule has 1 aliphatic rings. The quantitative estimate of drug-likeness (QED) is 0.735. The maximum Gasteiger partial charge on any atom is 0.315 e. The van der Waals surface area contributed by atoms with Crippen molar-refractivity contribution in [1.82, 2.24) is 10.6 Å². The summed E-state index contributed by atoms with van der Waals surface area (Å²) in [6, 6.07) is 7.57. The van der Waals surface area contributed by atoms with Crippen molar-refractivity contribution >= 4 is 6.03 Å². The van der Waals surface area contributed by atoms with Gasteiger partial charge in [0.2, 0.25) is 0 Å². The number of nitrogens with one attached hydrogen (secondary N) is 2. The Bertz CT molecular complexity index is 352. The van der Waals surface area contributed by atoms with Gasteiger partial charge in [-0.3, -0.25) is 0 Å². The van der Waals surface area contributed by atoms with Crippen LogP contribution in [0.2, 0.25) is 0 Å². The van der Waals surface area contributed by atoms with Crippen LogP contribution in [0.25, 0.3) is 0 Å². The van der Waals surface area contributed by atoms with E-state index in [0.29, 0.717) is 6.54 Å². The van der Waals surface area contributed by atoms with Crippen molar-refractivity contribution in [2.24, 2.45) is 0 Å². The lowest BCUT2D eigenvalue weighted by Crippen LogP contribution is -2.21. The molecule has 2 amide bonds. The molecule has 4 heteroatoms. The zero-order valence-corrected chi connectivity index (χ0v) is 7.91. The Kier molecular flexibility index (Phi) is 2.26. The Morgan fingerprint density at radius 2 is 2.21 bits per heavy atom. The molecule has 1 aliphatic heterocycles. The zero-order chi connectivity index (χ0) is 9.97. The predicted octanol–water partition coefficient (Wildman–Crippen LogP) is 1.05. The number of benzene rings is 1. The number of carbonyl (C=O) groups is 1. The van der Waals surface area contributed by atoms with E-state index in [1.165, 1.54) is 0 Å². The smallest absolute Gasteiger partial charge is 0.315 e. The lowest BCUT2D eigenvalue weighted by Gasteiger charge is -2.12. The highest BCUT2D eigenvalue weighted by Crippen LogP contribution is 2.25. The summed E-state index contributed by atoms with van der Waals surface area (Å²) in [6.45, 7) is 0.610. The topological polar surface area (TPSA) is 50.4 Å². The summed E-state index contributed by atoms with van der Waals surface area (Å²) < 4.78 is 5.21. The fraction of sp³-hybridized carbons (Fsp3) is 0.300. The van der Waals surface area contributed by atoms with Crippen LogP contribution in [-0.2, 0) is 0 Å². The first-order valence-electron chi connectivity index (χ1n) is 4.48. The molecule has 1 aromatic rings. The van der Waals surface area contributed by atoms with Gasteiger partial charge in [0, 0.05) is 12.1 Å². The number of amides is 2. The highest BCUT2D eigenvalue weighted by atomic mass is 16.5. The lowest BCUT2D eigenvalue weighted by atomic mass is 10.1. The van der Waals surface area contributed by atoms with Crippen molar-refractivity contribution in [3.8, 4) is 5.75 Å². The Balaban J connectivity index is 2.27. The number of para-hydroxylation sites is 1. The van der Waals surface area contributed by atoms with Crippen LogP contribution >= 0.6 is 0 Å². The highest BCUT2D eigenvalue weighted by molar-refractivity contribution is 5.77. The minimum Gasteiger partial charge on any atom is -0.496 e. The molecule has 2 N–H and O–H groups in total. The average molecular weight is 192 g/mol. The van der Waals surface area contributed by atoms with E-state index in [4.69, 9.17) is 4.74 Å². The van der Waals surface area contributed by atoms with Crippen molar-refractivity contribution in [3.63, 3.8) is 0 Å². The third-order valence-corrected chi connectivity index (χ3v) is 2.29. The van der Waals surface area contributed by atoms with Crippen molar-refractivity contribution in [2.45, 2.75) is 6.04 Å². The third kappa shape index (κ3) is 1.51. The van der Waals surface area contributed by atoms with Gasteiger partial charge in [0.05, 0.1) is 13.2 Å². The van der Waals surface area contributed by atoms with Gasteiger partial charge in [-0.1, -0.05) is 18.2 Å². The molecule has 1 atom stereocenters. The molecule has 4 nitrogen and oxygen atoms in total. The fourth-order valence-corrected chi connectivity index (χ4v) is 1.60. The van der Waals surface area contributed by atoms with E-state index >= 15 is 0 Å². The van der Waals surface area contributed by atoms with E-state index in [1.807, 2.05) is 24.3 Å². The van der Waals surface area contributed by atoms with Gasteiger partial charge in [-0.2, -0.15) is 0 Å². The van der Waals surface area contributed by atoms with Crippen LogP contribution in [0.15, 0.2) is 24.3 Å². The maximum atomic E-state index is 11.0. The van der Waals surface area contributed by atoms with Crippen LogP contribution in [0.5, 0.6) is 5.75 Å². The molecule has 0 saturated carbocycles. The molecule has 0 radical (unpaired) electrons. The van der Waals surface area contributed by atoms with Crippen LogP contribution in [0.3, 0.4) is 0 Å². The first-order chi connectivity index (χ1) is 6.81. The number of ether oxygens (including phenoxy) is 1. The molecular weight excluding hydrogens is 180 g/mol. The van der Waals surface area contributed by atoms with E-state index in [1.54, 1.807) is 7.11 Å². The molecule has 0 aliphatic carbocycles. The van der Waals surface area contributed by atoms with E-state index < -0.39 is 0 Å². The number of hydrogen-bond donors (Lipinski definition) is 2. The first kappa shape index (κ1) is 8.87. The number of hydrogen-bond acceptors (Lipinski definition) is 2. The molecule has 1 fully saturated rings. The Morgan fingerprint density at radius 1 is 1.43 bits per heavy atom. The minimum atomic E-state index is -0.124. The van der Waals surface area contributed by atoms with Crippen molar-refractivity contribution in [3.05, 3.63) is 29.8 Å². The van der Waals surface area contributed by atoms with Gasteiger partial charge in [-0.15, -0.1) is 0 Å². The molecule has 0 unspecified atom stereocenters. The second kappa shape index (κ2) is 3.57. The van der Waals surface area contributed by atoms with Crippen molar-refractivity contribution < 1.29 is 9.53 Å². The number of methoxy groups -OCH3 is 1. The molecule has 74 valence electrons. The van der Waals surface area contributed by atoms with E-state index in [-0.39, 0.29) is 12.1 Å². The fourth-order valence-electron chi connectivity index (χ4n) is 1.60. The molecular formula is C10H12N2O2. The maximum absolute atomic E-state index is 11.0. The van der Waals surface area contributed by atoms with Gasteiger partial charge in [-0.05, 0) is 6.07 Å². The SMILES string of the molecule is COc1ccccc1[C@H]1CNC(=O)N1. The number of urea groups is 1. The standard InChI is InChI=1S/C10H12N2O2/c1-14-9-5-3-2-4-7(9)8-6-11-10(13)12-8/h2-5,8H,6H2,1H3,(H2,11,12,13)/t8-/m1/s1. The minimum absolute atomic E-state index is 0.0126. The Morgan fingerprint density at radius 3 is 2.86 bits per heavy atom. The lowest BCUT2D eigenvalue weighted by molar-refractivity contribution is 0.247.